The van der Waals surface area contributed by atoms with Crippen LogP contribution in [0.3, 0.4) is 0 Å². The first-order chi connectivity index (χ1) is 16.7. The first-order valence-corrected chi connectivity index (χ1v) is 10.9. The average molecular weight is 483 g/mol. The maximum Gasteiger partial charge on any atom is 0.303 e. The molecule has 3 heterocycles. The number of hydrogen-bond acceptors (Lipinski definition) is 11. The fraction of sp³-hybridized carbons (Fsp3) is 0.391. The minimum absolute atomic E-state index is 0.205. The molecule has 1 aliphatic rings. The van der Waals surface area contributed by atoms with Gasteiger partial charge in [-0.2, -0.15) is 0 Å². The second kappa shape index (κ2) is 10.1. The third-order valence-electron chi connectivity index (χ3n) is 5.25. The largest absolute Gasteiger partial charge is 0.463 e. The molecule has 35 heavy (non-hydrogen) atoms. The highest BCUT2D eigenvalue weighted by Crippen LogP contribution is 2.36. The fourth-order valence-corrected chi connectivity index (χ4v) is 3.91. The molecule has 0 bridgehead atoms. The van der Waals surface area contributed by atoms with E-state index in [1.165, 1.54) is 33.4 Å². The number of hydrogen-bond donors (Lipinski definition) is 1. The summed E-state index contributed by atoms with van der Waals surface area (Å²) in [5.74, 6) is -1.27. The Morgan fingerprint density at radius 1 is 1.03 bits per heavy atom. The zero-order valence-corrected chi connectivity index (χ0v) is 19.6. The molecule has 1 aliphatic heterocycles. The van der Waals surface area contributed by atoms with Crippen molar-refractivity contribution in [3.63, 3.8) is 0 Å². The third-order valence-corrected chi connectivity index (χ3v) is 5.25. The summed E-state index contributed by atoms with van der Waals surface area (Å²) in [5.41, 5.74) is 2.74. The minimum Gasteiger partial charge on any atom is -0.463 e. The molecule has 0 radical (unpaired) electrons. The summed E-state index contributed by atoms with van der Waals surface area (Å²) >= 11 is 0. The summed E-state index contributed by atoms with van der Waals surface area (Å²) in [4.78, 5) is 48.2. The molecule has 0 amide bonds. The number of anilines is 2. The number of nitrogens with zero attached hydrogens (tertiary/aromatic N) is 4. The number of rotatable bonds is 7. The number of imidazole rings is 1. The number of fused-ring (bicyclic) bond motifs is 1. The molecule has 4 unspecified atom stereocenters. The molecule has 4 rings (SSSR count). The zero-order valence-electron chi connectivity index (χ0n) is 19.6. The highest BCUT2D eigenvalue weighted by atomic mass is 16.7. The molecule has 0 spiro atoms. The average Bonchev–Trinajstić information content (AvgIpc) is 3.34. The molecular weight excluding hydrogens is 458 g/mol. The number of nitrogens with one attached hydrogen (secondary N) is 1. The van der Waals surface area contributed by atoms with E-state index in [2.05, 4.69) is 20.3 Å². The Balaban J connectivity index is 1.71. The van der Waals surface area contributed by atoms with Crippen molar-refractivity contribution in [3.05, 3.63) is 42.5 Å². The molecule has 3 aromatic rings. The maximum absolute atomic E-state index is 11.9. The lowest BCUT2D eigenvalue weighted by Crippen LogP contribution is -2.40. The van der Waals surface area contributed by atoms with Gasteiger partial charge in [-0.15, -0.1) is 0 Å². The van der Waals surface area contributed by atoms with Crippen molar-refractivity contribution < 1.29 is 33.3 Å². The normalized spacial score (nSPS) is 21.5. The predicted octanol–water partition coefficient (Wildman–Crippen LogP) is 2.20. The molecule has 1 fully saturated rings. The third kappa shape index (κ3) is 5.38. The van der Waals surface area contributed by atoms with Gasteiger partial charge in [0.25, 0.3) is 0 Å². The van der Waals surface area contributed by atoms with E-state index in [0.717, 1.165) is 11.3 Å². The summed E-state index contributed by atoms with van der Waals surface area (Å²) < 4.78 is 23.6. The number of carbonyl (C=O) groups is 3. The molecule has 2 aromatic heterocycles. The molecule has 4 atom stereocenters. The van der Waals surface area contributed by atoms with Crippen LogP contribution in [0.5, 0.6) is 0 Å². The van der Waals surface area contributed by atoms with Gasteiger partial charge in [-0.3, -0.25) is 19.0 Å². The van der Waals surface area contributed by atoms with Gasteiger partial charge in [-0.25, -0.2) is 15.0 Å². The van der Waals surface area contributed by atoms with Crippen molar-refractivity contribution in [2.24, 2.45) is 0 Å². The topological polar surface area (TPSA) is 144 Å². The van der Waals surface area contributed by atoms with Crippen LogP contribution in [-0.4, -0.2) is 62.3 Å². The molecule has 1 N–H and O–H groups in total. The van der Waals surface area contributed by atoms with Crippen LogP contribution in [0, 0.1) is 6.92 Å². The van der Waals surface area contributed by atoms with E-state index >= 15 is 0 Å². The lowest BCUT2D eigenvalue weighted by molar-refractivity contribution is -0.166. The lowest BCUT2D eigenvalue weighted by atomic mass is 10.1. The van der Waals surface area contributed by atoms with Gasteiger partial charge in [0.1, 0.15) is 19.0 Å². The van der Waals surface area contributed by atoms with Crippen LogP contribution in [0.25, 0.3) is 11.2 Å². The van der Waals surface area contributed by atoms with Crippen molar-refractivity contribution >= 4 is 40.6 Å². The fourth-order valence-electron chi connectivity index (χ4n) is 3.91. The van der Waals surface area contributed by atoms with Crippen molar-refractivity contribution in [2.45, 2.75) is 52.2 Å². The van der Waals surface area contributed by atoms with Gasteiger partial charge in [0, 0.05) is 26.5 Å². The van der Waals surface area contributed by atoms with Crippen LogP contribution >= 0.6 is 0 Å². The molecule has 0 aliphatic carbocycles. The molecule has 0 saturated carbocycles. The Labute approximate surface area is 200 Å². The summed E-state index contributed by atoms with van der Waals surface area (Å²) in [7, 11) is 0. The quantitative estimate of drug-likeness (QED) is 0.390. The van der Waals surface area contributed by atoms with E-state index in [9.17, 15) is 14.4 Å². The Morgan fingerprint density at radius 2 is 1.77 bits per heavy atom. The Morgan fingerprint density at radius 3 is 2.46 bits per heavy atom. The van der Waals surface area contributed by atoms with Crippen LogP contribution in [-0.2, 0) is 33.3 Å². The first-order valence-electron chi connectivity index (χ1n) is 10.9. The standard InChI is InChI=1S/C23H25N5O7/c1-12-6-5-7-16(8-12)27-21-18-22(25-10-24-21)28(11-26-18)23-20(34-15(4)31)19(33-14(3)30)17(35-23)9-32-13(2)29/h5-8,10-11,17,19-20,23H,9H2,1-4H3,(H,24,25,27). The molecule has 184 valence electrons. The van der Waals surface area contributed by atoms with Crippen LogP contribution in [0.2, 0.25) is 0 Å². The summed E-state index contributed by atoms with van der Waals surface area (Å²) in [6.45, 7) is 5.49. The Hall–Kier alpha value is -4.06. The monoisotopic (exact) mass is 483 g/mol. The highest BCUT2D eigenvalue weighted by Gasteiger charge is 2.51. The van der Waals surface area contributed by atoms with Crippen LogP contribution in [0.1, 0.15) is 32.6 Å². The number of esters is 3. The number of ether oxygens (including phenoxy) is 4. The molecule has 12 heteroatoms. The number of aryl methyl sites for hydroxylation is 1. The smallest absolute Gasteiger partial charge is 0.303 e. The van der Waals surface area contributed by atoms with Crippen LogP contribution in [0.4, 0.5) is 11.5 Å². The molecule has 12 nitrogen and oxygen atoms in total. The summed E-state index contributed by atoms with van der Waals surface area (Å²) in [6, 6.07) is 7.76. The predicted molar refractivity (Wildman–Crippen MR) is 121 cm³/mol. The van der Waals surface area contributed by atoms with Gasteiger partial charge in [-0.05, 0) is 24.6 Å². The highest BCUT2D eigenvalue weighted by molar-refractivity contribution is 5.85. The van der Waals surface area contributed by atoms with Crippen LogP contribution < -0.4 is 5.32 Å². The number of aromatic nitrogens is 4. The molecule has 1 saturated heterocycles. The van der Waals surface area contributed by atoms with Gasteiger partial charge in [0.2, 0.25) is 0 Å². The Bertz CT molecular complexity index is 1260. The van der Waals surface area contributed by atoms with Crippen molar-refractivity contribution in [2.75, 3.05) is 11.9 Å². The second-order valence-corrected chi connectivity index (χ2v) is 8.06. The van der Waals surface area contributed by atoms with Gasteiger partial charge < -0.3 is 24.3 Å². The molecule has 1 aromatic carbocycles. The van der Waals surface area contributed by atoms with Crippen molar-refractivity contribution in [1.29, 1.82) is 0 Å². The van der Waals surface area contributed by atoms with E-state index in [0.29, 0.717) is 17.0 Å². The van der Waals surface area contributed by atoms with Gasteiger partial charge in [-0.1, -0.05) is 12.1 Å². The molecular formula is C23H25N5O7. The van der Waals surface area contributed by atoms with Gasteiger partial charge >= 0.3 is 17.9 Å². The van der Waals surface area contributed by atoms with Crippen LogP contribution in [0.15, 0.2) is 36.9 Å². The SMILES string of the molecule is CC(=O)OCC1OC(n2cnc3c(Nc4cccc(C)c4)ncnc32)C(OC(C)=O)C1OC(C)=O. The minimum atomic E-state index is -1.04. The zero-order chi connectivity index (χ0) is 25.1. The van der Waals surface area contributed by atoms with Gasteiger partial charge in [0.05, 0.1) is 6.33 Å². The number of carbonyl (C=O) groups excluding carboxylic acids is 3. The second-order valence-electron chi connectivity index (χ2n) is 8.06. The van der Waals surface area contributed by atoms with Gasteiger partial charge in [0.15, 0.2) is 35.4 Å². The van der Waals surface area contributed by atoms with E-state index in [-0.39, 0.29) is 6.61 Å². The number of benzene rings is 1. The summed E-state index contributed by atoms with van der Waals surface area (Å²) in [6.07, 6.45) is -1.07. The summed E-state index contributed by atoms with van der Waals surface area (Å²) in [5, 5.41) is 3.23. The lowest BCUT2D eigenvalue weighted by Gasteiger charge is -2.23. The Kier molecular flexibility index (Phi) is 6.92. The van der Waals surface area contributed by atoms with E-state index in [1.807, 2.05) is 31.2 Å². The van der Waals surface area contributed by atoms with E-state index in [1.54, 1.807) is 4.57 Å². The van der Waals surface area contributed by atoms with Crippen molar-refractivity contribution in [1.82, 2.24) is 19.5 Å². The first kappa shape index (κ1) is 24.1. The van der Waals surface area contributed by atoms with Crippen molar-refractivity contribution in [3.8, 4) is 0 Å². The van der Waals surface area contributed by atoms with E-state index < -0.39 is 42.4 Å². The maximum atomic E-state index is 11.9. The van der Waals surface area contributed by atoms with E-state index in [4.69, 9.17) is 18.9 Å².